The van der Waals surface area contributed by atoms with Gasteiger partial charge in [-0.1, -0.05) is 44.2 Å². The fourth-order valence-corrected chi connectivity index (χ4v) is 2.23. The Labute approximate surface area is 115 Å². The Morgan fingerprint density at radius 3 is 2.42 bits per heavy atom. The van der Waals surface area contributed by atoms with E-state index in [1.54, 1.807) is 0 Å². The van der Waals surface area contributed by atoms with Crippen molar-refractivity contribution in [3.8, 4) is 0 Å². The molecular weight excluding hydrogens is 232 g/mol. The molecule has 1 N–H and O–H groups in total. The summed E-state index contributed by atoms with van der Waals surface area (Å²) >= 11 is 0. The lowest BCUT2D eigenvalue weighted by Crippen LogP contribution is -2.20. The van der Waals surface area contributed by atoms with Crippen LogP contribution in [0.15, 0.2) is 48.8 Å². The van der Waals surface area contributed by atoms with Crippen LogP contribution in [-0.2, 0) is 13.0 Å². The van der Waals surface area contributed by atoms with E-state index in [0.717, 1.165) is 19.4 Å². The smallest absolute Gasteiger partial charge is 0.0320 e. The first-order valence-electron chi connectivity index (χ1n) is 7.04. The number of nitrogens with zero attached hydrogens (tertiary/aromatic N) is 1. The molecule has 0 fully saturated rings. The monoisotopic (exact) mass is 254 g/mol. The molecule has 2 heteroatoms. The summed E-state index contributed by atoms with van der Waals surface area (Å²) in [6.45, 7) is 5.27. The molecule has 1 aromatic carbocycles. The molecule has 100 valence electrons. The molecule has 0 saturated heterocycles. The summed E-state index contributed by atoms with van der Waals surface area (Å²) in [5.74, 6) is 0. The van der Waals surface area contributed by atoms with Gasteiger partial charge in [-0.3, -0.25) is 4.98 Å². The first kappa shape index (κ1) is 13.8. The molecule has 1 unspecified atom stereocenters. The van der Waals surface area contributed by atoms with Crippen molar-refractivity contribution in [2.24, 2.45) is 0 Å². The van der Waals surface area contributed by atoms with Crippen LogP contribution in [0.4, 0.5) is 0 Å². The van der Waals surface area contributed by atoms with Crippen LogP contribution in [0.25, 0.3) is 0 Å². The van der Waals surface area contributed by atoms with Gasteiger partial charge in [0.1, 0.15) is 0 Å². The SMILES string of the molecule is CCc1ccc(C(CC)NCc2cccnc2)cc1. The lowest BCUT2D eigenvalue weighted by molar-refractivity contribution is 0.518. The third kappa shape index (κ3) is 3.90. The maximum atomic E-state index is 4.14. The molecule has 0 aliphatic carbocycles. The molecule has 1 heterocycles. The summed E-state index contributed by atoms with van der Waals surface area (Å²) < 4.78 is 0. The summed E-state index contributed by atoms with van der Waals surface area (Å²) in [5, 5.41) is 3.60. The zero-order valence-electron chi connectivity index (χ0n) is 11.8. The third-order valence-corrected chi connectivity index (χ3v) is 3.47. The number of aryl methyl sites for hydroxylation is 1. The Morgan fingerprint density at radius 2 is 1.84 bits per heavy atom. The molecule has 0 radical (unpaired) electrons. The van der Waals surface area contributed by atoms with E-state index in [2.05, 4.69) is 54.5 Å². The lowest BCUT2D eigenvalue weighted by atomic mass is 10.0. The molecule has 19 heavy (non-hydrogen) atoms. The molecule has 0 amide bonds. The second-order valence-electron chi connectivity index (χ2n) is 4.80. The normalized spacial score (nSPS) is 12.3. The van der Waals surface area contributed by atoms with Gasteiger partial charge in [0.2, 0.25) is 0 Å². The van der Waals surface area contributed by atoms with Crippen LogP contribution in [0.3, 0.4) is 0 Å². The van der Waals surface area contributed by atoms with E-state index in [-0.39, 0.29) is 0 Å². The molecule has 0 aliphatic rings. The van der Waals surface area contributed by atoms with Gasteiger partial charge in [0.05, 0.1) is 0 Å². The quantitative estimate of drug-likeness (QED) is 0.846. The summed E-state index contributed by atoms with van der Waals surface area (Å²) in [5.41, 5.74) is 3.99. The van der Waals surface area contributed by atoms with E-state index in [1.807, 2.05) is 18.5 Å². The Hall–Kier alpha value is -1.67. The van der Waals surface area contributed by atoms with Crippen molar-refractivity contribution in [2.45, 2.75) is 39.3 Å². The molecule has 0 saturated carbocycles. The van der Waals surface area contributed by atoms with Gasteiger partial charge < -0.3 is 5.32 Å². The Balaban J connectivity index is 1.99. The molecule has 2 rings (SSSR count). The predicted molar refractivity (Wildman–Crippen MR) is 79.9 cm³/mol. The predicted octanol–water partition coefficient (Wildman–Crippen LogP) is 3.88. The molecule has 1 aromatic heterocycles. The van der Waals surface area contributed by atoms with Gasteiger partial charge >= 0.3 is 0 Å². The van der Waals surface area contributed by atoms with Crippen molar-refractivity contribution >= 4 is 0 Å². The lowest BCUT2D eigenvalue weighted by Gasteiger charge is -2.17. The van der Waals surface area contributed by atoms with E-state index >= 15 is 0 Å². The summed E-state index contributed by atoms with van der Waals surface area (Å²) in [6, 6.07) is 13.4. The molecule has 0 aliphatic heterocycles. The van der Waals surface area contributed by atoms with Crippen LogP contribution in [-0.4, -0.2) is 4.98 Å². The van der Waals surface area contributed by atoms with E-state index in [9.17, 15) is 0 Å². The average molecular weight is 254 g/mol. The van der Waals surface area contributed by atoms with Crippen molar-refractivity contribution in [3.05, 3.63) is 65.5 Å². The zero-order valence-corrected chi connectivity index (χ0v) is 11.8. The number of hydrogen-bond acceptors (Lipinski definition) is 2. The standard InChI is InChI=1S/C17H22N2/c1-3-14-7-9-16(10-8-14)17(4-2)19-13-15-6-5-11-18-12-15/h5-12,17,19H,3-4,13H2,1-2H3. The van der Waals surface area contributed by atoms with Gasteiger partial charge in [-0.05, 0) is 35.6 Å². The van der Waals surface area contributed by atoms with Gasteiger partial charge in [-0.2, -0.15) is 0 Å². The van der Waals surface area contributed by atoms with Crippen LogP contribution < -0.4 is 5.32 Å². The summed E-state index contributed by atoms with van der Waals surface area (Å²) in [7, 11) is 0. The van der Waals surface area contributed by atoms with Crippen molar-refractivity contribution in [2.75, 3.05) is 0 Å². The summed E-state index contributed by atoms with van der Waals surface area (Å²) in [4.78, 5) is 4.14. The Morgan fingerprint density at radius 1 is 1.05 bits per heavy atom. The Bertz CT molecular complexity index is 476. The number of aromatic nitrogens is 1. The minimum absolute atomic E-state index is 0.408. The minimum Gasteiger partial charge on any atom is -0.306 e. The molecule has 2 nitrogen and oxygen atoms in total. The molecule has 0 bridgehead atoms. The number of benzene rings is 1. The maximum absolute atomic E-state index is 4.14. The summed E-state index contributed by atoms with van der Waals surface area (Å²) in [6.07, 6.45) is 5.91. The van der Waals surface area contributed by atoms with Gasteiger partial charge in [0.25, 0.3) is 0 Å². The van der Waals surface area contributed by atoms with Gasteiger partial charge in [0.15, 0.2) is 0 Å². The van der Waals surface area contributed by atoms with Crippen LogP contribution in [0.5, 0.6) is 0 Å². The highest BCUT2D eigenvalue weighted by Gasteiger charge is 2.08. The highest BCUT2D eigenvalue weighted by atomic mass is 14.9. The number of nitrogens with one attached hydrogen (secondary N) is 1. The first-order chi connectivity index (χ1) is 9.33. The van der Waals surface area contributed by atoms with Crippen molar-refractivity contribution < 1.29 is 0 Å². The van der Waals surface area contributed by atoms with Crippen LogP contribution in [0.2, 0.25) is 0 Å². The molecule has 2 aromatic rings. The van der Waals surface area contributed by atoms with Crippen molar-refractivity contribution in [1.29, 1.82) is 0 Å². The minimum atomic E-state index is 0.408. The van der Waals surface area contributed by atoms with Crippen LogP contribution in [0, 0.1) is 0 Å². The topological polar surface area (TPSA) is 24.9 Å². The van der Waals surface area contributed by atoms with Crippen molar-refractivity contribution in [3.63, 3.8) is 0 Å². The number of pyridine rings is 1. The second-order valence-corrected chi connectivity index (χ2v) is 4.80. The fourth-order valence-electron chi connectivity index (χ4n) is 2.23. The largest absolute Gasteiger partial charge is 0.306 e. The van der Waals surface area contributed by atoms with Gasteiger partial charge in [-0.25, -0.2) is 0 Å². The van der Waals surface area contributed by atoms with Crippen LogP contribution >= 0.6 is 0 Å². The van der Waals surface area contributed by atoms with E-state index in [0.29, 0.717) is 6.04 Å². The fraction of sp³-hybridized carbons (Fsp3) is 0.353. The first-order valence-corrected chi connectivity index (χ1v) is 7.04. The third-order valence-electron chi connectivity index (χ3n) is 3.47. The second kappa shape index (κ2) is 7.05. The highest BCUT2D eigenvalue weighted by molar-refractivity contribution is 5.25. The van der Waals surface area contributed by atoms with Crippen LogP contribution in [0.1, 0.15) is 43.0 Å². The molecule has 0 spiro atoms. The van der Waals surface area contributed by atoms with E-state index in [4.69, 9.17) is 0 Å². The maximum Gasteiger partial charge on any atom is 0.0320 e. The number of rotatable bonds is 6. The average Bonchev–Trinajstić information content (AvgIpc) is 2.49. The van der Waals surface area contributed by atoms with E-state index < -0.39 is 0 Å². The Kier molecular flexibility index (Phi) is 5.10. The zero-order chi connectivity index (χ0) is 13.5. The van der Waals surface area contributed by atoms with Gasteiger partial charge in [0, 0.05) is 25.0 Å². The van der Waals surface area contributed by atoms with Crippen molar-refractivity contribution in [1.82, 2.24) is 10.3 Å². The molecule has 1 atom stereocenters. The highest BCUT2D eigenvalue weighted by Crippen LogP contribution is 2.18. The van der Waals surface area contributed by atoms with E-state index in [1.165, 1.54) is 16.7 Å². The number of hydrogen-bond donors (Lipinski definition) is 1. The van der Waals surface area contributed by atoms with Gasteiger partial charge in [-0.15, -0.1) is 0 Å². The molecular formula is C17H22N2.